The van der Waals surface area contributed by atoms with Gasteiger partial charge in [0.2, 0.25) is 0 Å². The summed E-state index contributed by atoms with van der Waals surface area (Å²) in [7, 11) is 0. The van der Waals surface area contributed by atoms with Crippen molar-refractivity contribution in [3.8, 4) is 0 Å². The van der Waals surface area contributed by atoms with E-state index in [0.717, 1.165) is 44.0 Å². The molecule has 0 bridgehead atoms. The van der Waals surface area contributed by atoms with Gasteiger partial charge in [-0.25, -0.2) is 9.67 Å². The molecular weight excluding hydrogens is 232 g/mol. The third-order valence-electron chi connectivity index (χ3n) is 3.93. The number of aromatic nitrogens is 3. The van der Waals surface area contributed by atoms with Gasteiger partial charge in [0.05, 0.1) is 12.5 Å². The predicted octanol–water partition coefficient (Wildman–Crippen LogP) is 0.392. The van der Waals surface area contributed by atoms with Crippen molar-refractivity contribution in [1.82, 2.24) is 20.1 Å². The Morgan fingerprint density at radius 2 is 2.11 bits per heavy atom. The fourth-order valence-electron chi connectivity index (χ4n) is 2.78. The number of aryl methyl sites for hydroxylation is 1. The van der Waals surface area contributed by atoms with Crippen molar-refractivity contribution in [3.63, 3.8) is 0 Å². The number of hydrogen-bond acceptors (Lipinski definition) is 4. The Hall–Kier alpha value is -1.43. The fraction of sp³-hybridized carbons (Fsp3) is 0.750. The quantitative estimate of drug-likeness (QED) is 0.793. The van der Waals surface area contributed by atoms with Crippen LogP contribution in [-0.2, 0) is 17.8 Å². The molecule has 1 aromatic heterocycles. The van der Waals surface area contributed by atoms with Crippen LogP contribution < -0.4 is 5.32 Å². The summed E-state index contributed by atoms with van der Waals surface area (Å²) >= 11 is 0. The van der Waals surface area contributed by atoms with Crippen LogP contribution in [0, 0.1) is 5.92 Å². The summed E-state index contributed by atoms with van der Waals surface area (Å²) in [6, 6.07) is 0. The Labute approximate surface area is 105 Å². The second-order valence-corrected chi connectivity index (χ2v) is 5.17. The highest BCUT2D eigenvalue weighted by Gasteiger charge is 2.28. The Kier molecular flexibility index (Phi) is 3.03. The van der Waals surface area contributed by atoms with Gasteiger partial charge >= 0.3 is 5.97 Å². The molecule has 1 saturated heterocycles. The van der Waals surface area contributed by atoms with Crippen molar-refractivity contribution >= 4 is 5.97 Å². The zero-order valence-corrected chi connectivity index (χ0v) is 10.3. The maximum atomic E-state index is 11.0. The van der Waals surface area contributed by atoms with E-state index in [4.69, 9.17) is 5.11 Å². The van der Waals surface area contributed by atoms with Crippen LogP contribution in [0.3, 0.4) is 0 Å². The van der Waals surface area contributed by atoms with Gasteiger partial charge in [-0.3, -0.25) is 4.79 Å². The number of nitrogens with one attached hydrogen (secondary N) is 1. The van der Waals surface area contributed by atoms with Crippen LogP contribution in [0.15, 0.2) is 0 Å². The number of aliphatic carboxylic acids is 1. The third-order valence-corrected chi connectivity index (χ3v) is 3.93. The van der Waals surface area contributed by atoms with Gasteiger partial charge in [-0.1, -0.05) is 0 Å². The van der Waals surface area contributed by atoms with E-state index in [2.05, 4.69) is 15.4 Å². The van der Waals surface area contributed by atoms with Crippen molar-refractivity contribution in [2.75, 3.05) is 13.1 Å². The molecule has 0 amide bonds. The Bertz CT molecular complexity index is 451. The van der Waals surface area contributed by atoms with Gasteiger partial charge in [-0.15, -0.1) is 0 Å². The average molecular weight is 250 g/mol. The van der Waals surface area contributed by atoms with E-state index in [1.54, 1.807) is 4.68 Å². The summed E-state index contributed by atoms with van der Waals surface area (Å²) in [5, 5.41) is 16.9. The summed E-state index contributed by atoms with van der Waals surface area (Å²) in [6.07, 6.45) is 3.56. The first kappa shape index (κ1) is 11.6. The standard InChI is InChI=1S/C12H18N4O2/c17-12(18)9-1-2-10-14-11(15-16(10)7-9)8-3-5-13-6-4-8/h8-9,13H,1-7H2,(H,17,18). The summed E-state index contributed by atoms with van der Waals surface area (Å²) in [4.78, 5) is 15.6. The van der Waals surface area contributed by atoms with E-state index >= 15 is 0 Å². The summed E-state index contributed by atoms with van der Waals surface area (Å²) in [6.45, 7) is 2.52. The third kappa shape index (κ3) is 2.12. The SMILES string of the molecule is O=C(O)C1CCc2nc(C3CCNCC3)nn2C1. The number of carboxylic acid groups (broad SMARTS) is 1. The summed E-state index contributed by atoms with van der Waals surface area (Å²) < 4.78 is 1.81. The minimum atomic E-state index is -0.723. The number of rotatable bonds is 2. The highest BCUT2D eigenvalue weighted by Crippen LogP contribution is 2.25. The molecule has 1 atom stereocenters. The maximum absolute atomic E-state index is 11.0. The van der Waals surface area contributed by atoms with Crippen molar-refractivity contribution in [1.29, 1.82) is 0 Å². The van der Waals surface area contributed by atoms with Gasteiger partial charge < -0.3 is 10.4 Å². The lowest BCUT2D eigenvalue weighted by Gasteiger charge is -2.19. The number of carbonyl (C=O) groups is 1. The second-order valence-electron chi connectivity index (χ2n) is 5.17. The molecule has 0 spiro atoms. The van der Waals surface area contributed by atoms with Crippen molar-refractivity contribution in [2.24, 2.45) is 5.92 Å². The molecule has 0 aliphatic carbocycles. The van der Waals surface area contributed by atoms with Gasteiger partial charge in [0.25, 0.3) is 0 Å². The van der Waals surface area contributed by atoms with Crippen molar-refractivity contribution < 1.29 is 9.90 Å². The molecule has 18 heavy (non-hydrogen) atoms. The Morgan fingerprint density at radius 3 is 2.83 bits per heavy atom. The van der Waals surface area contributed by atoms with Crippen LogP contribution in [0.25, 0.3) is 0 Å². The van der Waals surface area contributed by atoms with Crippen molar-refractivity contribution in [3.05, 3.63) is 11.6 Å². The zero-order chi connectivity index (χ0) is 12.5. The summed E-state index contributed by atoms with van der Waals surface area (Å²) in [5.74, 6) is 1.28. The van der Waals surface area contributed by atoms with E-state index < -0.39 is 5.97 Å². The average Bonchev–Trinajstić information content (AvgIpc) is 2.82. The van der Waals surface area contributed by atoms with Crippen LogP contribution >= 0.6 is 0 Å². The Balaban J connectivity index is 1.78. The van der Waals surface area contributed by atoms with E-state index in [-0.39, 0.29) is 5.92 Å². The van der Waals surface area contributed by atoms with E-state index in [9.17, 15) is 4.79 Å². The smallest absolute Gasteiger partial charge is 0.308 e. The Morgan fingerprint density at radius 1 is 1.33 bits per heavy atom. The van der Waals surface area contributed by atoms with Crippen LogP contribution in [0.4, 0.5) is 0 Å². The van der Waals surface area contributed by atoms with Gasteiger partial charge in [0.15, 0.2) is 5.82 Å². The first-order valence-electron chi connectivity index (χ1n) is 6.61. The number of piperidine rings is 1. The van der Waals surface area contributed by atoms with Crippen LogP contribution in [0.1, 0.15) is 36.8 Å². The lowest BCUT2D eigenvalue weighted by Crippen LogP contribution is -2.28. The molecule has 2 aliphatic heterocycles. The fourth-order valence-corrected chi connectivity index (χ4v) is 2.78. The maximum Gasteiger partial charge on any atom is 0.308 e. The van der Waals surface area contributed by atoms with Gasteiger partial charge in [0, 0.05) is 12.3 Å². The molecule has 0 saturated carbocycles. The molecule has 1 aromatic rings. The second kappa shape index (κ2) is 4.68. The van der Waals surface area contributed by atoms with E-state index in [0.29, 0.717) is 18.9 Å². The molecule has 98 valence electrons. The molecule has 0 aromatic carbocycles. The molecule has 6 nitrogen and oxygen atoms in total. The molecule has 1 fully saturated rings. The molecule has 1 unspecified atom stereocenters. The van der Waals surface area contributed by atoms with Gasteiger partial charge in [-0.2, -0.15) is 5.10 Å². The topological polar surface area (TPSA) is 80.0 Å². The molecule has 3 heterocycles. The van der Waals surface area contributed by atoms with Crippen LogP contribution in [0.2, 0.25) is 0 Å². The molecule has 2 aliphatic rings. The summed E-state index contributed by atoms with van der Waals surface area (Å²) in [5.41, 5.74) is 0. The number of fused-ring (bicyclic) bond motifs is 1. The number of nitrogens with zero attached hydrogens (tertiary/aromatic N) is 3. The number of carboxylic acids is 1. The molecule has 0 radical (unpaired) electrons. The van der Waals surface area contributed by atoms with E-state index in [1.165, 1.54) is 0 Å². The highest BCUT2D eigenvalue weighted by molar-refractivity contribution is 5.70. The van der Waals surface area contributed by atoms with Crippen molar-refractivity contribution in [2.45, 2.75) is 38.1 Å². The molecule has 2 N–H and O–H groups in total. The first-order valence-corrected chi connectivity index (χ1v) is 6.61. The minimum Gasteiger partial charge on any atom is -0.481 e. The number of hydrogen-bond donors (Lipinski definition) is 2. The largest absolute Gasteiger partial charge is 0.481 e. The molecular formula is C12H18N4O2. The minimum absolute atomic E-state index is 0.305. The highest BCUT2D eigenvalue weighted by atomic mass is 16.4. The molecule has 3 rings (SSSR count). The lowest BCUT2D eigenvalue weighted by molar-refractivity contribution is -0.142. The normalized spacial score (nSPS) is 24.8. The van der Waals surface area contributed by atoms with Gasteiger partial charge in [-0.05, 0) is 32.4 Å². The van der Waals surface area contributed by atoms with Crippen LogP contribution in [-0.4, -0.2) is 38.9 Å². The lowest BCUT2D eigenvalue weighted by atomic mass is 9.97. The van der Waals surface area contributed by atoms with Crippen LogP contribution in [0.5, 0.6) is 0 Å². The first-order chi connectivity index (χ1) is 8.74. The molecule has 6 heteroatoms. The van der Waals surface area contributed by atoms with Gasteiger partial charge in [0.1, 0.15) is 5.82 Å². The monoisotopic (exact) mass is 250 g/mol. The van der Waals surface area contributed by atoms with E-state index in [1.807, 2.05) is 0 Å². The zero-order valence-electron chi connectivity index (χ0n) is 10.3. The predicted molar refractivity (Wildman–Crippen MR) is 64.3 cm³/mol.